The van der Waals surface area contributed by atoms with Gasteiger partial charge in [0, 0.05) is 10.4 Å². The fourth-order valence-corrected chi connectivity index (χ4v) is 3.69. The van der Waals surface area contributed by atoms with E-state index in [0.717, 1.165) is 13.6 Å². The zero-order valence-electron chi connectivity index (χ0n) is 15.6. The van der Waals surface area contributed by atoms with Crippen LogP contribution in [0.25, 0.3) is 10.9 Å². The van der Waals surface area contributed by atoms with Gasteiger partial charge in [-0.05, 0) is 64.6 Å². The number of aromatic nitrogens is 2. The molecule has 29 heavy (non-hydrogen) atoms. The van der Waals surface area contributed by atoms with E-state index in [2.05, 4.69) is 48.6 Å². The van der Waals surface area contributed by atoms with E-state index < -0.39 is 12.6 Å². The number of carboxylic acids is 1. The molecule has 0 spiro atoms. The molecule has 0 amide bonds. The third kappa shape index (κ3) is 5.02. The molecular weight excluding hydrogens is 553 g/mol. The van der Waals surface area contributed by atoms with E-state index in [4.69, 9.17) is 9.84 Å². The molecular formula is C20H17BrIN3O4. The quantitative estimate of drug-likeness (QED) is 0.354. The third-order valence-electron chi connectivity index (χ3n) is 3.98. The fourth-order valence-electron chi connectivity index (χ4n) is 2.63. The molecule has 3 rings (SSSR count). The number of nitrogens with zero attached hydrogens (tertiary/aromatic N) is 3. The molecule has 3 aromatic rings. The van der Waals surface area contributed by atoms with Crippen molar-refractivity contribution in [3.63, 3.8) is 0 Å². The van der Waals surface area contributed by atoms with Crippen molar-refractivity contribution >= 4 is 61.6 Å². The molecule has 9 heteroatoms. The highest BCUT2D eigenvalue weighted by Gasteiger charge is 2.14. The van der Waals surface area contributed by atoms with Crippen LogP contribution in [0.3, 0.4) is 0 Å². The number of rotatable bonds is 6. The van der Waals surface area contributed by atoms with Crippen LogP contribution in [0.4, 0.5) is 0 Å². The summed E-state index contributed by atoms with van der Waals surface area (Å²) in [6.07, 6.45) is 1.57. The summed E-state index contributed by atoms with van der Waals surface area (Å²) in [5.41, 5.74) is 1.13. The van der Waals surface area contributed by atoms with Crippen LogP contribution in [-0.4, -0.2) is 33.6 Å². The van der Waals surface area contributed by atoms with E-state index in [-0.39, 0.29) is 11.5 Å². The highest BCUT2D eigenvalue weighted by Crippen LogP contribution is 2.22. The van der Waals surface area contributed by atoms with Crippen molar-refractivity contribution in [2.45, 2.75) is 19.8 Å². The molecule has 0 fully saturated rings. The first-order chi connectivity index (χ1) is 13.8. The van der Waals surface area contributed by atoms with Crippen LogP contribution in [0, 0.1) is 3.57 Å². The van der Waals surface area contributed by atoms with Gasteiger partial charge in [0.25, 0.3) is 5.56 Å². The monoisotopic (exact) mass is 569 g/mol. The Labute approximate surface area is 188 Å². The Kier molecular flexibility index (Phi) is 6.68. The predicted molar refractivity (Wildman–Crippen MR) is 123 cm³/mol. The zero-order valence-corrected chi connectivity index (χ0v) is 19.3. The van der Waals surface area contributed by atoms with Gasteiger partial charge >= 0.3 is 5.97 Å². The SMILES string of the molecule is CC(C)c1nc2ccc(Br)cc2c(=O)n1N=Cc1ccc(OCC(=O)O)c(I)c1. The van der Waals surface area contributed by atoms with Crippen molar-refractivity contribution in [3.05, 3.63) is 66.2 Å². The molecule has 1 heterocycles. The summed E-state index contributed by atoms with van der Waals surface area (Å²) in [5, 5.41) is 13.6. The average Bonchev–Trinajstić information content (AvgIpc) is 2.66. The largest absolute Gasteiger partial charge is 0.481 e. The standard InChI is InChI=1S/C20H17BrIN3O4/c1-11(2)19-24-16-5-4-13(21)8-14(16)20(28)25(19)23-9-12-3-6-17(15(22)7-12)29-10-18(26)27/h3-9,11H,10H2,1-2H3,(H,26,27). The lowest BCUT2D eigenvalue weighted by atomic mass is 10.2. The molecule has 0 unspecified atom stereocenters. The predicted octanol–water partition coefficient (Wildman–Crippen LogP) is 4.23. The number of aliphatic carboxylic acids is 1. The normalized spacial score (nSPS) is 11.5. The molecule has 0 saturated heterocycles. The van der Waals surface area contributed by atoms with Gasteiger partial charge in [0.2, 0.25) is 0 Å². The molecule has 150 valence electrons. The Morgan fingerprint density at radius 2 is 2.10 bits per heavy atom. The molecule has 0 aliphatic carbocycles. The van der Waals surface area contributed by atoms with E-state index in [1.807, 2.05) is 19.9 Å². The highest BCUT2D eigenvalue weighted by molar-refractivity contribution is 14.1. The second kappa shape index (κ2) is 9.04. The lowest BCUT2D eigenvalue weighted by Gasteiger charge is -2.12. The minimum Gasteiger partial charge on any atom is -0.481 e. The summed E-state index contributed by atoms with van der Waals surface area (Å²) >= 11 is 5.45. The van der Waals surface area contributed by atoms with Gasteiger partial charge in [-0.1, -0.05) is 29.8 Å². The molecule has 7 nitrogen and oxygen atoms in total. The lowest BCUT2D eigenvalue weighted by molar-refractivity contribution is -0.139. The second-order valence-electron chi connectivity index (χ2n) is 6.52. The number of halogens is 2. The van der Waals surface area contributed by atoms with Crippen LogP contribution in [0.2, 0.25) is 0 Å². The Balaban J connectivity index is 2.00. The number of carboxylic acid groups (broad SMARTS) is 1. The summed E-state index contributed by atoms with van der Waals surface area (Å²) in [6.45, 7) is 3.50. The van der Waals surface area contributed by atoms with E-state index in [0.29, 0.717) is 22.5 Å². The summed E-state index contributed by atoms with van der Waals surface area (Å²) in [5.74, 6) is 0.00175. The van der Waals surface area contributed by atoms with E-state index >= 15 is 0 Å². The molecule has 0 saturated carbocycles. The van der Waals surface area contributed by atoms with E-state index in [9.17, 15) is 9.59 Å². The van der Waals surface area contributed by atoms with E-state index in [1.165, 1.54) is 4.68 Å². The summed E-state index contributed by atoms with van der Waals surface area (Å²) < 4.78 is 8.08. The third-order valence-corrected chi connectivity index (χ3v) is 5.32. The maximum absolute atomic E-state index is 13.0. The molecule has 0 atom stereocenters. The van der Waals surface area contributed by atoms with Crippen molar-refractivity contribution in [2.24, 2.45) is 5.10 Å². The molecule has 1 aromatic heterocycles. The first-order valence-corrected chi connectivity index (χ1v) is 10.5. The summed E-state index contributed by atoms with van der Waals surface area (Å²) in [7, 11) is 0. The van der Waals surface area contributed by atoms with Crippen molar-refractivity contribution in [3.8, 4) is 5.75 Å². The van der Waals surface area contributed by atoms with Gasteiger partial charge in [-0.25, -0.2) is 9.78 Å². The number of ether oxygens (including phenoxy) is 1. The van der Waals surface area contributed by atoms with Gasteiger partial charge in [-0.15, -0.1) is 0 Å². The van der Waals surface area contributed by atoms with Crippen LogP contribution < -0.4 is 10.3 Å². The van der Waals surface area contributed by atoms with Gasteiger partial charge in [0.15, 0.2) is 6.61 Å². The number of carbonyl (C=O) groups is 1. The summed E-state index contributed by atoms with van der Waals surface area (Å²) in [6, 6.07) is 10.6. The maximum Gasteiger partial charge on any atom is 0.341 e. The average molecular weight is 570 g/mol. The number of fused-ring (bicyclic) bond motifs is 1. The van der Waals surface area contributed by atoms with Gasteiger partial charge in [0.05, 0.1) is 20.7 Å². The minimum atomic E-state index is -1.04. The molecule has 0 aliphatic heterocycles. The first-order valence-electron chi connectivity index (χ1n) is 8.67. The molecule has 0 aliphatic rings. The fraction of sp³-hybridized carbons (Fsp3) is 0.200. The number of benzene rings is 2. The summed E-state index contributed by atoms with van der Waals surface area (Å²) in [4.78, 5) is 28.3. The van der Waals surface area contributed by atoms with Gasteiger partial charge in [-0.2, -0.15) is 9.78 Å². The second-order valence-corrected chi connectivity index (χ2v) is 8.60. The van der Waals surface area contributed by atoms with Gasteiger partial charge in [-0.3, -0.25) is 4.79 Å². The van der Waals surface area contributed by atoms with Crippen molar-refractivity contribution in [1.82, 2.24) is 9.66 Å². The first kappa shape index (κ1) is 21.4. The molecule has 0 radical (unpaired) electrons. The number of hydrogen-bond donors (Lipinski definition) is 1. The Bertz CT molecular complexity index is 1170. The Morgan fingerprint density at radius 3 is 2.76 bits per heavy atom. The molecule has 1 N–H and O–H groups in total. The Morgan fingerprint density at radius 1 is 1.34 bits per heavy atom. The molecule has 2 aromatic carbocycles. The van der Waals surface area contributed by atoms with Crippen LogP contribution in [0.5, 0.6) is 5.75 Å². The van der Waals surface area contributed by atoms with Gasteiger partial charge < -0.3 is 9.84 Å². The lowest BCUT2D eigenvalue weighted by Crippen LogP contribution is -2.23. The highest BCUT2D eigenvalue weighted by atomic mass is 127. The van der Waals surface area contributed by atoms with E-state index in [1.54, 1.807) is 36.5 Å². The Hall–Kier alpha value is -2.27. The zero-order chi connectivity index (χ0) is 21.1. The number of hydrogen-bond acceptors (Lipinski definition) is 5. The van der Waals surface area contributed by atoms with Crippen LogP contribution in [-0.2, 0) is 4.79 Å². The van der Waals surface area contributed by atoms with Crippen molar-refractivity contribution < 1.29 is 14.6 Å². The molecule has 0 bridgehead atoms. The smallest absolute Gasteiger partial charge is 0.341 e. The van der Waals surface area contributed by atoms with Crippen LogP contribution in [0.1, 0.15) is 31.2 Å². The topological polar surface area (TPSA) is 93.8 Å². The minimum absolute atomic E-state index is 0.000160. The van der Waals surface area contributed by atoms with Crippen LogP contribution >= 0.6 is 38.5 Å². The van der Waals surface area contributed by atoms with Crippen molar-refractivity contribution in [2.75, 3.05) is 6.61 Å². The van der Waals surface area contributed by atoms with Crippen LogP contribution in [0.15, 0.2) is 50.8 Å². The van der Waals surface area contributed by atoms with Gasteiger partial charge in [0.1, 0.15) is 11.6 Å². The van der Waals surface area contributed by atoms with Crippen molar-refractivity contribution in [1.29, 1.82) is 0 Å². The maximum atomic E-state index is 13.0.